The third kappa shape index (κ3) is 2.25. The van der Waals surface area contributed by atoms with Gasteiger partial charge in [-0.15, -0.1) is 0 Å². The van der Waals surface area contributed by atoms with Crippen molar-refractivity contribution in [3.63, 3.8) is 0 Å². The first-order chi connectivity index (χ1) is 7.70. The number of amides is 1. The van der Waals surface area contributed by atoms with Crippen molar-refractivity contribution < 1.29 is 9.53 Å². The zero-order valence-electron chi connectivity index (χ0n) is 9.77. The van der Waals surface area contributed by atoms with E-state index in [9.17, 15) is 4.79 Å². The topological polar surface area (TPSA) is 29.5 Å². The number of carbonyl (C=O) groups is 1. The maximum absolute atomic E-state index is 12.1. The van der Waals surface area contributed by atoms with Crippen LogP contribution >= 0.6 is 0 Å². The Balaban J connectivity index is 2.05. The summed E-state index contributed by atoms with van der Waals surface area (Å²) in [5.41, 5.74) is 1.94. The molecule has 16 heavy (non-hydrogen) atoms. The number of methoxy groups -OCH3 is 1. The van der Waals surface area contributed by atoms with Crippen LogP contribution in [0.15, 0.2) is 24.3 Å². The van der Waals surface area contributed by atoms with E-state index < -0.39 is 0 Å². The fraction of sp³-hybridized carbons (Fsp3) is 0.462. The minimum Gasteiger partial charge on any atom is -0.380 e. The van der Waals surface area contributed by atoms with Gasteiger partial charge in [0.25, 0.3) is 5.91 Å². The standard InChI is InChI=1S/C13H17NO2/c1-10-3-5-11(6-4-10)13(15)14-8-7-12(9-14)16-2/h3-6,12H,7-9H2,1-2H3. The number of hydrogen-bond donors (Lipinski definition) is 0. The third-order valence-corrected chi connectivity index (χ3v) is 3.06. The maximum atomic E-state index is 12.1. The molecule has 0 aromatic heterocycles. The minimum absolute atomic E-state index is 0.111. The lowest BCUT2D eigenvalue weighted by Crippen LogP contribution is -2.29. The molecule has 1 unspecified atom stereocenters. The van der Waals surface area contributed by atoms with Crippen molar-refractivity contribution in [2.75, 3.05) is 20.2 Å². The summed E-state index contributed by atoms with van der Waals surface area (Å²) in [6, 6.07) is 7.71. The summed E-state index contributed by atoms with van der Waals surface area (Å²) in [7, 11) is 1.70. The largest absolute Gasteiger partial charge is 0.380 e. The van der Waals surface area contributed by atoms with Gasteiger partial charge in [0, 0.05) is 25.8 Å². The highest BCUT2D eigenvalue weighted by Crippen LogP contribution is 2.15. The van der Waals surface area contributed by atoms with E-state index in [0.717, 1.165) is 18.5 Å². The highest BCUT2D eigenvalue weighted by Gasteiger charge is 2.26. The van der Waals surface area contributed by atoms with Gasteiger partial charge in [-0.2, -0.15) is 0 Å². The Morgan fingerprint density at radius 3 is 2.62 bits per heavy atom. The molecule has 2 rings (SSSR count). The second-order valence-electron chi connectivity index (χ2n) is 4.26. The third-order valence-electron chi connectivity index (χ3n) is 3.06. The van der Waals surface area contributed by atoms with Gasteiger partial charge in [-0.3, -0.25) is 4.79 Å². The van der Waals surface area contributed by atoms with E-state index in [4.69, 9.17) is 4.74 Å². The van der Waals surface area contributed by atoms with Crippen molar-refractivity contribution in [2.45, 2.75) is 19.4 Å². The van der Waals surface area contributed by atoms with Gasteiger partial charge in [0.05, 0.1) is 6.10 Å². The van der Waals surface area contributed by atoms with E-state index >= 15 is 0 Å². The van der Waals surface area contributed by atoms with E-state index in [-0.39, 0.29) is 12.0 Å². The van der Waals surface area contributed by atoms with Crippen LogP contribution in [-0.4, -0.2) is 37.1 Å². The van der Waals surface area contributed by atoms with Gasteiger partial charge in [-0.05, 0) is 25.5 Å². The van der Waals surface area contributed by atoms with Crippen LogP contribution in [0.25, 0.3) is 0 Å². The average Bonchev–Trinajstić information content (AvgIpc) is 2.77. The number of carbonyl (C=O) groups excluding carboxylic acids is 1. The molecule has 0 radical (unpaired) electrons. The molecule has 0 saturated carbocycles. The number of benzene rings is 1. The smallest absolute Gasteiger partial charge is 0.253 e. The summed E-state index contributed by atoms with van der Waals surface area (Å²) in [5.74, 6) is 0.111. The summed E-state index contributed by atoms with van der Waals surface area (Å²) < 4.78 is 5.25. The van der Waals surface area contributed by atoms with Crippen molar-refractivity contribution in [1.82, 2.24) is 4.90 Å². The molecular formula is C13H17NO2. The van der Waals surface area contributed by atoms with Gasteiger partial charge in [0.15, 0.2) is 0 Å². The Hall–Kier alpha value is -1.35. The highest BCUT2D eigenvalue weighted by atomic mass is 16.5. The average molecular weight is 219 g/mol. The Labute approximate surface area is 96.0 Å². The Morgan fingerprint density at radius 1 is 1.38 bits per heavy atom. The molecule has 1 aromatic carbocycles. The van der Waals surface area contributed by atoms with Crippen molar-refractivity contribution in [1.29, 1.82) is 0 Å². The lowest BCUT2D eigenvalue weighted by molar-refractivity contribution is 0.0724. The monoisotopic (exact) mass is 219 g/mol. The lowest BCUT2D eigenvalue weighted by Gasteiger charge is -2.16. The molecule has 1 aromatic rings. The molecule has 0 spiro atoms. The molecule has 1 saturated heterocycles. The number of rotatable bonds is 2. The first-order valence-electron chi connectivity index (χ1n) is 5.59. The van der Waals surface area contributed by atoms with Crippen LogP contribution < -0.4 is 0 Å². The predicted molar refractivity (Wildman–Crippen MR) is 62.5 cm³/mol. The Bertz CT molecular complexity index is 372. The van der Waals surface area contributed by atoms with E-state index in [1.54, 1.807) is 7.11 Å². The first kappa shape index (κ1) is 11.1. The molecule has 0 aliphatic carbocycles. The molecule has 1 heterocycles. The molecule has 0 N–H and O–H groups in total. The predicted octanol–water partition coefficient (Wildman–Crippen LogP) is 1.86. The SMILES string of the molecule is COC1CCN(C(=O)c2ccc(C)cc2)C1. The zero-order valence-corrected chi connectivity index (χ0v) is 9.77. The number of ether oxygens (including phenoxy) is 1. The molecule has 1 amide bonds. The van der Waals surface area contributed by atoms with Crippen LogP contribution in [-0.2, 0) is 4.74 Å². The van der Waals surface area contributed by atoms with Crippen LogP contribution in [0.4, 0.5) is 0 Å². The first-order valence-corrected chi connectivity index (χ1v) is 5.59. The molecule has 86 valence electrons. The molecule has 1 atom stereocenters. The van der Waals surface area contributed by atoms with Crippen LogP contribution in [0.1, 0.15) is 22.3 Å². The van der Waals surface area contributed by atoms with Gasteiger partial charge < -0.3 is 9.64 Å². The van der Waals surface area contributed by atoms with Crippen LogP contribution in [0, 0.1) is 6.92 Å². The van der Waals surface area contributed by atoms with Gasteiger partial charge in [0.1, 0.15) is 0 Å². The van der Waals surface area contributed by atoms with Crippen molar-refractivity contribution in [3.8, 4) is 0 Å². The number of nitrogens with zero attached hydrogens (tertiary/aromatic N) is 1. The van der Waals surface area contributed by atoms with E-state index in [1.165, 1.54) is 5.56 Å². The molecule has 1 fully saturated rings. The normalized spacial score (nSPS) is 20.1. The van der Waals surface area contributed by atoms with Crippen molar-refractivity contribution in [2.24, 2.45) is 0 Å². The van der Waals surface area contributed by atoms with Gasteiger partial charge in [0.2, 0.25) is 0 Å². The molecule has 3 heteroatoms. The maximum Gasteiger partial charge on any atom is 0.253 e. The summed E-state index contributed by atoms with van der Waals surface area (Å²) in [6.45, 7) is 3.53. The second kappa shape index (κ2) is 4.66. The Morgan fingerprint density at radius 2 is 2.06 bits per heavy atom. The molecule has 1 aliphatic heterocycles. The van der Waals surface area contributed by atoms with Crippen molar-refractivity contribution >= 4 is 5.91 Å². The van der Waals surface area contributed by atoms with E-state index in [0.29, 0.717) is 6.54 Å². The van der Waals surface area contributed by atoms with Crippen LogP contribution in [0.2, 0.25) is 0 Å². The number of aryl methyl sites for hydroxylation is 1. The van der Waals surface area contributed by atoms with E-state index in [2.05, 4.69) is 0 Å². The quantitative estimate of drug-likeness (QED) is 0.759. The Kier molecular flexibility index (Phi) is 3.25. The van der Waals surface area contributed by atoms with Crippen LogP contribution in [0.3, 0.4) is 0 Å². The van der Waals surface area contributed by atoms with Gasteiger partial charge >= 0.3 is 0 Å². The van der Waals surface area contributed by atoms with Crippen LogP contribution in [0.5, 0.6) is 0 Å². The molecule has 1 aliphatic rings. The second-order valence-corrected chi connectivity index (χ2v) is 4.26. The van der Waals surface area contributed by atoms with Gasteiger partial charge in [-0.25, -0.2) is 0 Å². The lowest BCUT2D eigenvalue weighted by atomic mass is 10.1. The summed E-state index contributed by atoms with van der Waals surface area (Å²) in [5, 5.41) is 0. The van der Waals surface area contributed by atoms with E-state index in [1.807, 2.05) is 36.1 Å². The minimum atomic E-state index is 0.111. The zero-order chi connectivity index (χ0) is 11.5. The molecule has 0 bridgehead atoms. The summed E-state index contributed by atoms with van der Waals surface area (Å²) >= 11 is 0. The molecule has 3 nitrogen and oxygen atoms in total. The number of likely N-dealkylation sites (tertiary alicyclic amines) is 1. The number of hydrogen-bond acceptors (Lipinski definition) is 2. The summed E-state index contributed by atoms with van der Waals surface area (Å²) in [6.07, 6.45) is 1.14. The fourth-order valence-electron chi connectivity index (χ4n) is 1.98. The van der Waals surface area contributed by atoms with Gasteiger partial charge in [-0.1, -0.05) is 17.7 Å². The highest BCUT2D eigenvalue weighted by molar-refractivity contribution is 5.94. The van der Waals surface area contributed by atoms with Crippen molar-refractivity contribution in [3.05, 3.63) is 35.4 Å². The molecular weight excluding hydrogens is 202 g/mol. The fourth-order valence-corrected chi connectivity index (χ4v) is 1.98. The summed E-state index contributed by atoms with van der Waals surface area (Å²) in [4.78, 5) is 14.0.